The van der Waals surface area contributed by atoms with E-state index < -0.39 is 0 Å². The van der Waals surface area contributed by atoms with E-state index in [2.05, 4.69) is 15.2 Å². The molecule has 5 rings (SSSR count). The van der Waals surface area contributed by atoms with Gasteiger partial charge in [0.2, 0.25) is 5.91 Å². The summed E-state index contributed by atoms with van der Waals surface area (Å²) in [5.41, 5.74) is 5.00. The molecule has 0 spiro atoms. The number of carbonyl (C=O) groups is 1. The number of para-hydroxylation sites is 1. The molecule has 0 bridgehead atoms. The number of fused-ring (bicyclic) bond motifs is 1. The number of aliphatic hydroxyl groups excluding tert-OH is 1. The number of nitrogens with one attached hydrogen (secondary N) is 1. The van der Waals surface area contributed by atoms with E-state index in [0.717, 1.165) is 33.3 Å². The monoisotopic (exact) mass is 443 g/mol. The van der Waals surface area contributed by atoms with E-state index in [-0.39, 0.29) is 17.9 Å². The number of aromatic amines is 1. The lowest BCUT2D eigenvalue weighted by atomic mass is 9.94. The quantitative estimate of drug-likeness (QED) is 0.468. The van der Waals surface area contributed by atoms with Crippen molar-refractivity contribution in [2.45, 2.75) is 31.8 Å². The summed E-state index contributed by atoms with van der Waals surface area (Å²) < 4.78 is 0. The van der Waals surface area contributed by atoms with Gasteiger partial charge in [-0.2, -0.15) is 5.10 Å². The Labute approximate surface area is 191 Å². The zero-order valence-electron chi connectivity index (χ0n) is 18.5. The standard InChI is InChI=1S/C26H26N4O3/c1-16(26(33)30-11-9-20(31)10-12-30)17-5-4-6-18(13-17)19-14-22-24(28-29-25(22)27-15-19)21-7-2-3-8-23(21)32/h2-8,13-16,20,31-32H,9-12H2,1H3,(H,27,28,29)/p+1. The molecule has 1 aliphatic heterocycles. The summed E-state index contributed by atoms with van der Waals surface area (Å²) in [4.78, 5) is 19.4. The van der Waals surface area contributed by atoms with Crippen LogP contribution in [0, 0.1) is 0 Å². The highest BCUT2D eigenvalue weighted by molar-refractivity contribution is 5.94. The fourth-order valence-corrected chi connectivity index (χ4v) is 4.45. The van der Waals surface area contributed by atoms with Gasteiger partial charge in [0.25, 0.3) is 5.75 Å². The highest BCUT2D eigenvalue weighted by Crippen LogP contribution is 2.34. The van der Waals surface area contributed by atoms with Crippen LogP contribution in [0.15, 0.2) is 60.8 Å². The van der Waals surface area contributed by atoms with Gasteiger partial charge in [0.05, 0.1) is 23.3 Å². The Bertz CT molecular complexity index is 1310. The smallest absolute Gasteiger partial charge is 0.263 e. The summed E-state index contributed by atoms with van der Waals surface area (Å²) in [5.74, 6) is 0.251. The number of H-pyrrole nitrogens is 1. The van der Waals surface area contributed by atoms with Gasteiger partial charge in [-0.1, -0.05) is 36.4 Å². The molecule has 7 nitrogen and oxygen atoms in total. The van der Waals surface area contributed by atoms with Crippen molar-refractivity contribution in [1.29, 1.82) is 0 Å². The number of amides is 1. The number of likely N-dealkylation sites (tertiary alicyclic amines) is 1. The lowest BCUT2D eigenvalue weighted by Gasteiger charge is -2.31. The summed E-state index contributed by atoms with van der Waals surface area (Å²) >= 11 is 0. The van der Waals surface area contributed by atoms with Crippen molar-refractivity contribution < 1.29 is 15.0 Å². The molecule has 4 N–H and O–H groups in total. The molecule has 1 fully saturated rings. The Balaban J connectivity index is 1.46. The highest BCUT2D eigenvalue weighted by Gasteiger charge is 2.26. The second-order valence-corrected chi connectivity index (χ2v) is 8.64. The van der Waals surface area contributed by atoms with Crippen LogP contribution in [0.2, 0.25) is 0 Å². The SMILES string of the molecule is CC(C(=O)N1CCC(O)CC1)c1cccc(-c2cnc3n[nH]c(-c4ccccc4[OH2+])c3c2)c1. The lowest BCUT2D eigenvalue weighted by molar-refractivity contribution is -0.134. The first kappa shape index (κ1) is 21.2. The molecule has 168 valence electrons. The predicted octanol–water partition coefficient (Wildman–Crippen LogP) is 3.82. The van der Waals surface area contributed by atoms with Crippen molar-refractivity contribution in [3.05, 3.63) is 66.4 Å². The molecule has 2 aromatic carbocycles. The van der Waals surface area contributed by atoms with Crippen molar-refractivity contribution in [2.24, 2.45) is 0 Å². The van der Waals surface area contributed by atoms with Crippen LogP contribution in [0.4, 0.5) is 0 Å². The minimum absolute atomic E-state index is 0.0943. The first-order chi connectivity index (χ1) is 16.0. The van der Waals surface area contributed by atoms with Gasteiger partial charge in [-0.3, -0.25) is 9.89 Å². The second-order valence-electron chi connectivity index (χ2n) is 8.64. The largest absolute Gasteiger partial charge is 0.593 e. The molecule has 0 aliphatic carbocycles. The van der Waals surface area contributed by atoms with E-state index >= 15 is 0 Å². The van der Waals surface area contributed by atoms with E-state index in [1.165, 1.54) is 0 Å². The Kier molecular flexibility index (Phi) is 5.56. The van der Waals surface area contributed by atoms with Gasteiger partial charge in [0.15, 0.2) is 5.65 Å². The molecule has 1 unspecified atom stereocenters. The van der Waals surface area contributed by atoms with Gasteiger partial charge in [0, 0.05) is 36.3 Å². The van der Waals surface area contributed by atoms with Gasteiger partial charge in [-0.15, -0.1) is 0 Å². The lowest BCUT2D eigenvalue weighted by Crippen LogP contribution is -2.41. The van der Waals surface area contributed by atoms with Crippen molar-refractivity contribution in [2.75, 3.05) is 13.1 Å². The molecule has 1 amide bonds. The molecule has 1 atom stereocenters. The van der Waals surface area contributed by atoms with Crippen LogP contribution in [0.1, 0.15) is 31.2 Å². The number of rotatable bonds is 4. The van der Waals surface area contributed by atoms with E-state index in [1.54, 1.807) is 12.3 Å². The Morgan fingerprint density at radius 3 is 2.70 bits per heavy atom. The molecule has 0 radical (unpaired) electrons. The van der Waals surface area contributed by atoms with Gasteiger partial charge in [-0.05, 0) is 43.0 Å². The minimum Gasteiger partial charge on any atom is -0.593 e. The van der Waals surface area contributed by atoms with Crippen LogP contribution >= 0.6 is 0 Å². The molecule has 0 saturated carbocycles. The van der Waals surface area contributed by atoms with Crippen molar-refractivity contribution in [3.63, 3.8) is 0 Å². The third kappa shape index (κ3) is 4.07. The number of hydrogen-bond donors (Lipinski definition) is 2. The number of pyridine rings is 1. The Morgan fingerprint density at radius 1 is 1.12 bits per heavy atom. The van der Waals surface area contributed by atoms with Gasteiger partial charge in [0.1, 0.15) is 0 Å². The summed E-state index contributed by atoms with van der Waals surface area (Å²) in [6.07, 6.45) is 2.76. The normalized spacial score (nSPS) is 15.6. The number of carbonyl (C=O) groups excluding carboxylic acids is 1. The zero-order valence-corrected chi connectivity index (χ0v) is 18.5. The number of piperidine rings is 1. The Morgan fingerprint density at radius 2 is 1.91 bits per heavy atom. The van der Waals surface area contributed by atoms with Crippen LogP contribution in [0.25, 0.3) is 33.4 Å². The number of aliphatic hydroxyl groups is 1. The van der Waals surface area contributed by atoms with Crippen molar-refractivity contribution in [3.8, 4) is 28.1 Å². The predicted molar refractivity (Wildman–Crippen MR) is 128 cm³/mol. The van der Waals surface area contributed by atoms with E-state index in [9.17, 15) is 9.90 Å². The third-order valence-corrected chi connectivity index (χ3v) is 6.47. The zero-order chi connectivity index (χ0) is 22.9. The average molecular weight is 444 g/mol. The Hall–Kier alpha value is -3.71. The van der Waals surface area contributed by atoms with Crippen molar-refractivity contribution >= 4 is 16.9 Å². The van der Waals surface area contributed by atoms with Crippen LogP contribution in [-0.2, 0) is 4.79 Å². The van der Waals surface area contributed by atoms with Crippen LogP contribution < -0.4 is 0 Å². The average Bonchev–Trinajstić information content (AvgIpc) is 3.27. The van der Waals surface area contributed by atoms with Gasteiger partial charge < -0.3 is 15.1 Å². The topological polar surface area (TPSA) is 105 Å². The fourth-order valence-electron chi connectivity index (χ4n) is 4.45. The van der Waals surface area contributed by atoms with Crippen LogP contribution in [-0.4, -0.2) is 55.4 Å². The highest BCUT2D eigenvalue weighted by atomic mass is 16.3. The number of hydrogen-bond acceptors (Lipinski definition) is 4. The molecule has 4 aromatic rings. The van der Waals surface area contributed by atoms with Crippen LogP contribution in [0.3, 0.4) is 0 Å². The van der Waals surface area contributed by atoms with E-state index in [0.29, 0.717) is 37.3 Å². The third-order valence-electron chi connectivity index (χ3n) is 6.47. The first-order valence-corrected chi connectivity index (χ1v) is 11.2. The van der Waals surface area contributed by atoms with Gasteiger partial charge >= 0.3 is 0 Å². The molecule has 2 aromatic heterocycles. The summed E-state index contributed by atoms with van der Waals surface area (Å²) in [6.45, 7) is 3.14. The van der Waals surface area contributed by atoms with Crippen LogP contribution in [0.5, 0.6) is 5.75 Å². The maximum Gasteiger partial charge on any atom is 0.263 e. The fraction of sp³-hybridized carbons (Fsp3) is 0.269. The number of aromatic nitrogens is 3. The molecular formula is C26H27N4O3+. The summed E-state index contributed by atoms with van der Waals surface area (Å²) in [5, 5.41) is 26.2. The van der Waals surface area contributed by atoms with Crippen molar-refractivity contribution in [1.82, 2.24) is 20.1 Å². The van der Waals surface area contributed by atoms with Gasteiger partial charge in [-0.25, -0.2) is 4.98 Å². The summed E-state index contributed by atoms with van der Waals surface area (Å²) in [6, 6.07) is 17.4. The molecule has 1 aliphatic rings. The maximum absolute atomic E-state index is 13.0. The molecular weight excluding hydrogens is 416 g/mol. The number of benzene rings is 2. The summed E-state index contributed by atoms with van der Waals surface area (Å²) in [7, 11) is 0. The molecule has 3 heterocycles. The first-order valence-electron chi connectivity index (χ1n) is 11.2. The molecule has 33 heavy (non-hydrogen) atoms. The van der Waals surface area contributed by atoms with E-state index in [1.807, 2.05) is 60.4 Å². The molecule has 1 saturated heterocycles. The number of nitrogens with zero attached hydrogens (tertiary/aromatic N) is 3. The maximum atomic E-state index is 13.0. The second kappa shape index (κ2) is 8.67. The molecule has 7 heteroatoms. The minimum atomic E-state index is -0.301. The van der Waals surface area contributed by atoms with E-state index in [4.69, 9.17) is 5.11 Å².